The van der Waals surface area contributed by atoms with Gasteiger partial charge in [-0.25, -0.2) is 4.90 Å². The molecule has 0 atom stereocenters. The molecule has 4 heteroatoms. The number of rotatable bonds is 5. The van der Waals surface area contributed by atoms with E-state index in [1.807, 2.05) is 105 Å². The molecule has 3 aromatic rings. The van der Waals surface area contributed by atoms with E-state index in [-0.39, 0.29) is 11.8 Å². The van der Waals surface area contributed by atoms with Gasteiger partial charge in [0.2, 0.25) is 0 Å². The van der Waals surface area contributed by atoms with Crippen LogP contribution in [0.3, 0.4) is 0 Å². The largest absolute Gasteiger partial charge is 0.365 e. The van der Waals surface area contributed by atoms with Crippen molar-refractivity contribution in [1.29, 1.82) is 0 Å². The number of hydrogen-bond acceptors (Lipinski definition) is 3. The first kappa shape index (κ1) is 19.6. The molecule has 1 heterocycles. The highest BCUT2D eigenvalue weighted by atomic mass is 16.2. The zero-order chi connectivity index (χ0) is 21.3. The van der Waals surface area contributed by atoms with Crippen LogP contribution in [0.2, 0.25) is 0 Å². The predicted octanol–water partition coefficient (Wildman–Crippen LogP) is 4.72. The third-order valence-corrected chi connectivity index (χ3v) is 5.34. The molecule has 0 aromatic heterocycles. The molecule has 0 bridgehead atoms. The third-order valence-electron chi connectivity index (χ3n) is 5.34. The first-order valence-electron chi connectivity index (χ1n) is 9.97. The summed E-state index contributed by atoms with van der Waals surface area (Å²) in [4.78, 5) is 30.1. The molecular formula is C26H24N2O2. The molecule has 1 aliphatic rings. The standard InChI is InChI=1S/C26H24N2O2/c1-18-9-13-21(14-10-18)23-24(27(3)17-20-7-5-4-6-8-20)26(30)28(25(23)29)22-15-11-19(2)12-16-22/h4-16H,17H2,1-3H3. The van der Waals surface area contributed by atoms with Gasteiger partial charge in [-0.2, -0.15) is 0 Å². The van der Waals surface area contributed by atoms with Gasteiger partial charge in [0.05, 0.1) is 11.3 Å². The Balaban J connectivity index is 1.79. The van der Waals surface area contributed by atoms with Gasteiger partial charge in [0.1, 0.15) is 5.70 Å². The monoisotopic (exact) mass is 396 g/mol. The molecule has 0 N–H and O–H groups in total. The van der Waals surface area contributed by atoms with Crippen LogP contribution in [0.25, 0.3) is 5.57 Å². The fourth-order valence-electron chi connectivity index (χ4n) is 3.72. The van der Waals surface area contributed by atoms with Crippen molar-refractivity contribution in [3.8, 4) is 0 Å². The summed E-state index contributed by atoms with van der Waals surface area (Å²) >= 11 is 0. The second-order valence-electron chi connectivity index (χ2n) is 7.71. The van der Waals surface area contributed by atoms with Crippen LogP contribution >= 0.6 is 0 Å². The summed E-state index contributed by atoms with van der Waals surface area (Å²) in [5.74, 6) is -0.583. The van der Waals surface area contributed by atoms with Gasteiger partial charge >= 0.3 is 0 Å². The van der Waals surface area contributed by atoms with E-state index in [0.29, 0.717) is 23.5 Å². The predicted molar refractivity (Wildman–Crippen MR) is 120 cm³/mol. The maximum absolute atomic E-state index is 13.5. The minimum atomic E-state index is -0.294. The van der Waals surface area contributed by atoms with Gasteiger partial charge < -0.3 is 4.90 Å². The summed E-state index contributed by atoms with van der Waals surface area (Å²) < 4.78 is 0. The zero-order valence-electron chi connectivity index (χ0n) is 17.4. The van der Waals surface area contributed by atoms with Crippen LogP contribution in [0.15, 0.2) is 84.6 Å². The van der Waals surface area contributed by atoms with Gasteiger partial charge in [-0.1, -0.05) is 77.9 Å². The second kappa shape index (κ2) is 7.99. The summed E-state index contributed by atoms with van der Waals surface area (Å²) in [6.45, 7) is 4.51. The number of aryl methyl sites for hydroxylation is 2. The van der Waals surface area contributed by atoms with Crippen LogP contribution in [-0.2, 0) is 16.1 Å². The van der Waals surface area contributed by atoms with Crippen molar-refractivity contribution >= 4 is 23.1 Å². The van der Waals surface area contributed by atoms with Gasteiger partial charge in [0, 0.05) is 13.6 Å². The lowest BCUT2D eigenvalue weighted by atomic mass is 10.0. The van der Waals surface area contributed by atoms with E-state index < -0.39 is 0 Å². The van der Waals surface area contributed by atoms with E-state index in [2.05, 4.69) is 0 Å². The fourth-order valence-corrected chi connectivity index (χ4v) is 3.72. The highest BCUT2D eigenvalue weighted by Gasteiger charge is 2.41. The molecule has 0 aliphatic carbocycles. The van der Waals surface area contributed by atoms with Crippen molar-refractivity contribution in [2.75, 3.05) is 11.9 Å². The molecule has 0 saturated heterocycles. The number of hydrogen-bond donors (Lipinski definition) is 0. The lowest BCUT2D eigenvalue weighted by molar-refractivity contribution is -0.120. The first-order valence-corrected chi connectivity index (χ1v) is 9.97. The van der Waals surface area contributed by atoms with Crippen molar-refractivity contribution in [2.24, 2.45) is 0 Å². The Morgan fingerprint density at radius 2 is 1.30 bits per heavy atom. The van der Waals surface area contributed by atoms with Crippen molar-refractivity contribution in [1.82, 2.24) is 4.90 Å². The minimum Gasteiger partial charge on any atom is -0.365 e. The lowest BCUT2D eigenvalue weighted by Crippen LogP contribution is -2.34. The SMILES string of the molecule is Cc1ccc(C2=C(N(C)Cc3ccccc3)C(=O)N(c3ccc(C)cc3)C2=O)cc1. The highest BCUT2D eigenvalue weighted by Crippen LogP contribution is 2.35. The fraction of sp³-hybridized carbons (Fsp3) is 0.154. The first-order chi connectivity index (χ1) is 14.5. The molecular weight excluding hydrogens is 372 g/mol. The normalized spacial score (nSPS) is 13.9. The molecule has 0 spiro atoms. The van der Waals surface area contributed by atoms with E-state index in [9.17, 15) is 9.59 Å². The Morgan fingerprint density at radius 3 is 1.90 bits per heavy atom. The van der Waals surface area contributed by atoms with Gasteiger partial charge in [-0.3, -0.25) is 9.59 Å². The highest BCUT2D eigenvalue weighted by molar-refractivity contribution is 6.45. The molecule has 4 nitrogen and oxygen atoms in total. The number of anilines is 1. The average Bonchev–Trinajstić information content (AvgIpc) is 3.00. The Morgan fingerprint density at radius 1 is 0.733 bits per heavy atom. The topological polar surface area (TPSA) is 40.6 Å². The Labute approximate surface area is 177 Å². The quantitative estimate of drug-likeness (QED) is 0.586. The van der Waals surface area contributed by atoms with Crippen molar-refractivity contribution in [3.63, 3.8) is 0 Å². The van der Waals surface area contributed by atoms with E-state index >= 15 is 0 Å². The van der Waals surface area contributed by atoms with Crippen molar-refractivity contribution < 1.29 is 9.59 Å². The maximum Gasteiger partial charge on any atom is 0.282 e. The lowest BCUT2D eigenvalue weighted by Gasteiger charge is -2.21. The number of imide groups is 1. The number of carbonyl (C=O) groups excluding carboxylic acids is 2. The molecule has 0 unspecified atom stereocenters. The van der Waals surface area contributed by atoms with Crippen LogP contribution in [0.1, 0.15) is 22.3 Å². The number of nitrogens with zero attached hydrogens (tertiary/aromatic N) is 2. The van der Waals surface area contributed by atoms with Crippen LogP contribution < -0.4 is 4.90 Å². The summed E-state index contributed by atoms with van der Waals surface area (Å²) in [5.41, 5.74) is 5.46. The number of likely N-dealkylation sites (N-methyl/N-ethyl adjacent to an activating group) is 1. The number of carbonyl (C=O) groups is 2. The summed E-state index contributed by atoms with van der Waals surface area (Å²) in [5, 5.41) is 0. The molecule has 150 valence electrons. The van der Waals surface area contributed by atoms with Gasteiger partial charge in [-0.05, 0) is 37.1 Å². The van der Waals surface area contributed by atoms with E-state index in [0.717, 1.165) is 22.3 Å². The number of amides is 2. The molecule has 3 aromatic carbocycles. The van der Waals surface area contributed by atoms with Crippen LogP contribution in [0.5, 0.6) is 0 Å². The van der Waals surface area contributed by atoms with Crippen LogP contribution in [0, 0.1) is 13.8 Å². The Kier molecular flexibility index (Phi) is 5.23. The molecule has 0 saturated carbocycles. The second-order valence-corrected chi connectivity index (χ2v) is 7.71. The summed E-state index contributed by atoms with van der Waals surface area (Å²) in [7, 11) is 1.86. The van der Waals surface area contributed by atoms with Gasteiger partial charge in [0.15, 0.2) is 0 Å². The molecule has 30 heavy (non-hydrogen) atoms. The number of benzene rings is 3. The third kappa shape index (κ3) is 3.64. The van der Waals surface area contributed by atoms with Gasteiger partial charge in [0.25, 0.3) is 11.8 Å². The van der Waals surface area contributed by atoms with Crippen molar-refractivity contribution in [2.45, 2.75) is 20.4 Å². The maximum atomic E-state index is 13.5. The molecule has 0 radical (unpaired) electrons. The van der Waals surface area contributed by atoms with E-state index in [4.69, 9.17) is 0 Å². The summed E-state index contributed by atoms with van der Waals surface area (Å²) in [6, 6.07) is 25.1. The van der Waals surface area contributed by atoms with Crippen LogP contribution in [0.4, 0.5) is 5.69 Å². The smallest absolute Gasteiger partial charge is 0.282 e. The molecule has 1 aliphatic heterocycles. The Bertz CT molecular complexity index is 1110. The van der Waals surface area contributed by atoms with E-state index in [1.165, 1.54) is 4.90 Å². The van der Waals surface area contributed by atoms with E-state index in [1.54, 1.807) is 0 Å². The minimum absolute atomic E-state index is 0.289. The van der Waals surface area contributed by atoms with Crippen molar-refractivity contribution in [3.05, 3.63) is 107 Å². The van der Waals surface area contributed by atoms with Crippen LogP contribution in [-0.4, -0.2) is 23.8 Å². The average molecular weight is 396 g/mol. The Hall–Kier alpha value is -3.66. The molecule has 4 rings (SSSR count). The zero-order valence-corrected chi connectivity index (χ0v) is 17.4. The van der Waals surface area contributed by atoms with Gasteiger partial charge in [-0.15, -0.1) is 0 Å². The summed E-state index contributed by atoms with van der Waals surface area (Å²) in [6.07, 6.45) is 0. The molecule has 2 amide bonds. The molecule has 0 fully saturated rings.